The van der Waals surface area contributed by atoms with Crippen LogP contribution in [0, 0.1) is 0 Å². The number of hydrogen-bond acceptors (Lipinski definition) is 4. The molecule has 1 aliphatic carbocycles. The molecule has 0 saturated heterocycles. The summed E-state index contributed by atoms with van der Waals surface area (Å²) in [6.07, 6.45) is -0.709. The number of aromatic nitrogens is 5. The summed E-state index contributed by atoms with van der Waals surface area (Å²) in [5, 5.41) is 10.9. The minimum absolute atomic E-state index is 0.141. The summed E-state index contributed by atoms with van der Waals surface area (Å²) in [5.74, 6) is -0.599. The summed E-state index contributed by atoms with van der Waals surface area (Å²) >= 11 is 0. The molecular formula is C20H21F3N6O. The number of nitrogens with zero attached hydrogens (tertiary/aromatic N) is 5. The van der Waals surface area contributed by atoms with Gasteiger partial charge in [0.05, 0.1) is 16.9 Å². The van der Waals surface area contributed by atoms with Crippen molar-refractivity contribution in [2.75, 3.05) is 0 Å². The number of carbonyl (C=O) groups excluding carboxylic acids is 1. The number of aryl methyl sites for hydroxylation is 3. The van der Waals surface area contributed by atoms with Gasteiger partial charge in [0, 0.05) is 37.6 Å². The zero-order chi connectivity index (χ0) is 21.7. The Morgan fingerprint density at radius 3 is 2.50 bits per heavy atom. The van der Waals surface area contributed by atoms with Crippen LogP contribution in [0.25, 0.3) is 11.3 Å². The van der Waals surface area contributed by atoms with E-state index in [1.54, 1.807) is 17.9 Å². The first-order valence-electron chi connectivity index (χ1n) is 9.56. The van der Waals surface area contributed by atoms with E-state index in [9.17, 15) is 18.0 Å². The van der Waals surface area contributed by atoms with Crippen LogP contribution in [0.4, 0.5) is 13.2 Å². The monoisotopic (exact) mass is 418 g/mol. The summed E-state index contributed by atoms with van der Waals surface area (Å²) < 4.78 is 41.4. The second kappa shape index (κ2) is 6.96. The smallest absolute Gasteiger partial charge is 0.340 e. The van der Waals surface area contributed by atoms with E-state index in [0.717, 1.165) is 39.8 Å². The molecule has 7 nitrogen and oxygen atoms in total. The summed E-state index contributed by atoms with van der Waals surface area (Å²) in [4.78, 5) is 17.0. The van der Waals surface area contributed by atoms with Crippen molar-refractivity contribution in [2.24, 2.45) is 14.1 Å². The first-order valence-corrected chi connectivity index (χ1v) is 9.56. The zero-order valence-corrected chi connectivity index (χ0v) is 16.8. The molecule has 158 valence electrons. The maximum atomic E-state index is 12.9. The standard InChI is InChI=1S/C20H21F3N6O/c1-4-13-9-12(5-8-24-13)14-10-17(29(3)26-14)19(6-7-19)25-18(30)15-11-16(20(21,22)23)27-28(15)2/h5,8-11H,4,6-7H2,1-3H3,(H,25,30). The highest BCUT2D eigenvalue weighted by atomic mass is 19.4. The molecule has 3 aromatic rings. The van der Waals surface area contributed by atoms with Gasteiger partial charge in [0.2, 0.25) is 0 Å². The van der Waals surface area contributed by atoms with Crippen molar-refractivity contribution in [2.45, 2.75) is 37.9 Å². The Morgan fingerprint density at radius 1 is 1.17 bits per heavy atom. The third kappa shape index (κ3) is 3.57. The van der Waals surface area contributed by atoms with Crippen LogP contribution in [-0.4, -0.2) is 30.5 Å². The highest BCUT2D eigenvalue weighted by molar-refractivity contribution is 5.93. The molecule has 0 aliphatic heterocycles. The van der Waals surface area contributed by atoms with Gasteiger partial charge in [0.15, 0.2) is 5.69 Å². The minimum Gasteiger partial charge on any atom is -0.340 e. The first kappa shape index (κ1) is 20.1. The molecular weight excluding hydrogens is 397 g/mol. The van der Waals surface area contributed by atoms with Gasteiger partial charge in [-0.15, -0.1) is 0 Å². The Morgan fingerprint density at radius 2 is 1.90 bits per heavy atom. The highest BCUT2D eigenvalue weighted by Crippen LogP contribution is 2.46. The Kier molecular flexibility index (Phi) is 4.67. The van der Waals surface area contributed by atoms with Gasteiger partial charge in [-0.1, -0.05) is 6.92 Å². The average molecular weight is 418 g/mol. The third-order valence-corrected chi connectivity index (χ3v) is 5.35. The van der Waals surface area contributed by atoms with Gasteiger partial charge in [-0.05, 0) is 37.5 Å². The van der Waals surface area contributed by atoms with Gasteiger partial charge in [0.1, 0.15) is 5.69 Å². The highest BCUT2D eigenvalue weighted by Gasteiger charge is 2.49. The van der Waals surface area contributed by atoms with Crippen LogP contribution in [0.1, 0.15) is 47.3 Å². The van der Waals surface area contributed by atoms with Gasteiger partial charge < -0.3 is 5.32 Å². The Bertz CT molecular complexity index is 1110. The molecule has 0 radical (unpaired) electrons. The van der Waals surface area contributed by atoms with Crippen LogP contribution in [0.15, 0.2) is 30.5 Å². The lowest BCUT2D eigenvalue weighted by Crippen LogP contribution is -2.37. The number of hydrogen-bond donors (Lipinski definition) is 1. The molecule has 3 aromatic heterocycles. The number of amides is 1. The van der Waals surface area contributed by atoms with E-state index < -0.39 is 23.3 Å². The molecule has 4 rings (SSSR count). The van der Waals surface area contributed by atoms with Crippen LogP contribution < -0.4 is 5.32 Å². The predicted octanol–water partition coefficient (Wildman–Crippen LogP) is 3.22. The average Bonchev–Trinajstić information content (AvgIpc) is 3.16. The molecule has 0 atom stereocenters. The van der Waals surface area contributed by atoms with Crippen molar-refractivity contribution < 1.29 is 18.0 Å². The minimum atomic E-state index is -4.60. The molecule has 1 aliphatic rings. The number of nitrogens with one attached hydrogen (secondary N) is 1. The Hall–Kier alpha value is -3.17. The normalized spacial score (nSPS) is 15.3. The van der Waals surface area contributed by atoms with E-state index >= 15 is 0 Å². The lowest BCUT2D eigenvalue weighted by atomic mass is 10.1. The van der Waals surface area contributed by atoms with Gasteiger partial charge in [-0.2, -0.15) is 23.4 Å². The molecule has 1 amide bonds. The lowest BCUT2D eigenvalue weighted by Gasteiger charge is -2.17. The van der Waals surface area contributed by atoms with Crippen LogP contribution >= 0.6 is 0 Å². The second-order valence-corrected chi connectivity index (χ2v) is 7.50. The van der Waals surface area contributed by atoms with Gasteiger partial charge >= 0.3 is 6.18 Å². The van der Waals surface area contributed by atoms with E-state index in [0.29, 0.717) is 12.8 Å². The van der Waals surface area contributed by atoms with E-state index in [1.807, 2.05) is 25.1 Å². The van der Waals surface area contributed by atoms with Crippen molar-refractivity contribution in [1.82, 2.24) is 29.9 Å². The molecule has 0 aromatic carbocycles. The molecule has 1 saturated carbocycles. The van der Waals surface area contributed by atoms with E-state index in [-0.39, 0.29) is 5.69 Å². The van der Waals surface area contributed by atoms with Crippen LogP contribution in [0.3, 0.4) is 0 Å². The molecule has 0 bridgehead atoms. The molecule has 3 heterocycles. The summed E-state index contributed by atoms with van der Waals surface area (Å²) in [5.41, 5.74) is 1.55. The molecule has 0 unspecified atom stereocenters. The van der Waals surface area contributed by atoms with Crippen molar-refractivity contribution in [3.8, 4) is 11.3 Å². The van der Waals surface area contributed by atoms with E-state index in [4.69, 9.17) is 0 Å². The van der Waals surface area contributed by atoms with Crippen molar-refractivity contribution >= 4 is 5.91 Å². The number of rotatable bonds is 5. The molecule has 1 N–H and O–H groups in total. The maximum absolute atomic E-state index is 12.9. The Labute approximate surface area is 170 Å². The predicted molar refractivity (Wildman–Crippen MR) is 102 cm³/mol. The molecule has 10 heteroatoms. The van der Waals surface area contributed by atoms with Crippen LogP contribution in [0.2, 0.25) is 0 Å². The largest absolute Gasteiger partial charge is 0.435 e. The number of alkyl halides is 3. The molecule has 0 spiro atoms. The van der Waals surface area contributed by atoms with Crippen molar-refractivity contribution in [3.63, 3.8) is 0 Å². The fraction of sp³-hybridized carbons (Fsp3) is 0.400. The summed E-state index contributed by atoms with van der Waals surface area (Å²) in [7, 11) is 3.11. The fourth-order valence-corrected chi connectivity index (χ4v) is 3.56. The van der Waals surface area contributed by atoms with Crippen LogP contribution in [-0.2, 0) is 32.2 Å². The first-order chi connectivity index (χ1) is 14.1. The summed E-state index contributed by atoms with van der Waals surface area (Å²) in [6, 6.07) is 6.52. The number of pyridine rings is 1. The fourth-order valence-electron chi connectivity index (χ4n) is 3.56. The molecule has 30 heavy (non-hydrogen) atoms. The van der Waals surface area contributed by atoms with E-state index in [1.165, 1.54) is 7.05 Å². The van der Waals surface area contributed by atoms with Crippen molar-refractivity contribution in [3.05, 3.63) is 53.2 Å². The summed E-state index contributed by atoms with van der Waals surface area (Å²) in [6.45, 7) is 2.02. The maximum Gasteiger partial charge on any atom is 0.435 e. The Balaban J connectivity index is 1.60. The van der Waals surface area contributed by atoms with Crippen molar-refractivity contribution in [1.29, 1.82) is 0 Å². The number of carbonyl (C=O) groups is 1. The topological polar surface area (TPSA) is 77.6 Å². The number of halogens is 3. The third-order valence-electron chi connectivity index (χ3n) is 5.35. The van der Waals surface area contributed by atoms with Gasteiger partial charge in [-0.3, -0.25) is 19.1 Å². The second-order valence-electron chi connectivity index (χ2n) is 7.50. The zero-order valence-electron chi connectivity index (χ0n) is 16.8. The van der Waals surface area contributed by atoms with Gasteiger partial charge in [-0.25, -0.2) is 0 Å². The lowest BCUT2D eigenvalue weighted by molar-refractivity contribution is -0.141. The quantitative estimate of drug-likeness (QED) is 0.690. The van der Waals surface area contributed by atoms with E-state index in [2.05, 4.69) is 20.5 Å². The van der Waals surface area contributed by atoms with Gasteiger partial charge in [0.25, 0.3) is 5.91 Å². The molecule has 1 fully saturated rings. The van der Waals surface area contributed by atoms with Crippen LogP contribution in [0.5, 0.6) is 0 Å². The SMILES string of the molecule is CCc1cc(-c2cc(C3(NC(=O)c4cc(C(F)(F)F)nn4C)CC3)n(C)n2)ccn1.